The fraction of sp³-hybridized carbons (Fsp3) is 0.526. The molecule has 2 atom stereocenters. The first-order valence-electron chi connectivity index (χ1n) is 10.0. The van der Waals surface area contributed by atoms with Crippen molar-refractivity contribution in [2.75, 3.05) is 6.26 Å². The maximum atomic E-state index is 11.3. The first kappa shape index (κ1) is 21.2. The molecule has 1 aliphatic rings. The fourth-order valence-electron chi connectivity index (χ4n) is 3.80. The predicted molar refractivity (Wildman–Crippen MR) is 112 cm³/mol. The van der Waals surface area contributed by atoms with E-state index in [2.05, 4.69) is 30.8 Å². The van der Waals surface area contributed by atoms with E-state index >= 15 is 0 Å². The molecule has 0 bridgehead atoms. The molecule has 4 rings (SSSR count). The maximum absolute atomic E-state index is 11.3. The van der Waals surface area contributed by atoms with Crippen molar-refractivity contribution >= 4 is 17.7 Å². The number of aliphatic carboxylic acids is 1. The van der Waals surface area contributed by atoms with Crippen LogP contribution in [0.25, 0.3) is 11.4 Å². The van der Waals surface area contributed by atoms with Crippen molar-refractivity contribution in [3.63, 3.8) is 0 Å². The lowest BCUT2D eigenvalue weighted by Crippen LogP contribution is -2.29. The molecule has 0 amide bonds. The molecule has 31 heavy (non-hydrogen) atoms. The van der Waals surface area contributed by atoms with Gasteiger partial charge in [-0.3, -0.25) is 4.79 Å². The van der Waals surface area contributed by atoms with Crippen LogP contribution in [0.15, 0.2) is 17.3 Å². The minimum Gasteiger partial charge on any atom is -0.489 e. The Morgan fingerprint density at radius 2 is 2.13 bits per heavy atom. The number of tetrazole rings is 1. The van der Waals surface area contributed by atoms with Crippen LogP contribution in [0.3, 0.4) is 0 Å². The minimum absolute atomic E-state index is 0.113. The van der Waals surface area contributed by atoms with Crippen LogP contribution in [-0.2, 0) is 18.4 Å². The largest absolute Gasteiger partial charge is 0.489 e. The summed E-state index contributed by atoms with van der Waals surface area (Å²) in [7, 11) is 1.82. The SMILES string of the molecule is CSc1nnnn1Cc1c(-c2ccc(O[C@H]3CCC[C@H](C(=O)O)C3)c(C)n2)nnn1C. The highest BCUT2D eigenvalue weighted by Gasteiger charge is 2.28. The average Bonchev–Trinajstić information content (AvgIpc) is 3.36. The first-order chi connectivity index (χ1) is 15.0. The van der Waals surface area contributed by atoms with Crippen LogP contribution in [0, 0.1) is 12.8 Å². The van der Waals surface area contributed by atoms with Crippen LogP contribution in [-0.4, -0.2) is 63.6 Å². The number of pyridine rings is 1. The number of ether oxygens (including phenoxy) is 1. The van der Waals surface area contributed by atoms with E-state index in [0.717, 1.165) is 24.2 Å². The number of aromatic nitrogens is 8. The highest BCUT2D eigenvalue weighted by atomic mass is 32.2. The molecule has 1 N–H and O–H groups in total. The maximum Gasteiger partial charge on any atom is 0.306 e. The number of carbonyl (C=O) groups is 1. The van der Waals surface area contributed by atoms with Gasteiger partial charge >= 0.3 is 5.97 Å². The molecular weight excluding hydrogens is 420 g/mol. The average molecular weight is 445 g/mol. The third-order valence-corrected chi connectivity index (χ3v) is 6.13. The van der Waals surface area contributed by atoms with Crippen molar-refractivity contribution in [2.45, 2.75) is 50.4 Å². The van der Waals surface area contributed by atoms with Crippen molar-refractivity contribution in [2.24, 2.45) is 13.0 Å². The molecule has 12 heteroatoms. The van der Waals surface area contributed by atoms with Gasteiger partial charge in [0.1, 0.15) is 11.4 Å². The van der Waals surface area contributed by atoms with Crippen molar-refractivity contribution in [1.82, 2.24) is 40.2 Å². The van der Waals surface area contributed by atoms with Gasteiger partial charge in [-0.05, 0) is 61.4 Å². The molecule has 0 aromatic carbocycles. The van der Waals surface area contributed by atoms with Crippen molar-refractivity contribution in [1.29, 1.82) is 0 Å². The molecule has 0 saturated heterocycles. The Morgan fingerprint density at radius 1 is 1.29 bits per heavy atom. The molecule has 164 valence electrons. The predicted octanol–water partition coefficient (Wildman–Crippen LogP) is 1.96. The van der Waals surface area contributed by atoms with Crippen LogP contribution in [0.2, 0.25) is 0 Å². The molecule has 0 aliphatic heterocycles. The molecular formula is C19H24N8O3S. The Bertz CT molecular complexity index is 1080. The van der Waals surface area contributed by atoms with Crippen molar-refractivity contribution in [3.8, 4) is 17.1 Å². The van der Waals surface area contributed by atoms with E-state index < -0.39 is 5.97 Å². The van der Waals surface area contributed by atoms with Gasteiger partial charge in [0.25, 0.3) is 0 Å². The van der Waals surface area contributed by atoms with Crippen LogP contribution in [0.5, 0.6) is 5.75 Å². The Hall–Kier alpha value is -3.02. The number of hydrogen-bond donors (Lipinski definition) is 1. The van der Waals surface area contributed by atoms with Crippen molar-refractivity contribution in [3.05, 3.63) is 23.5 Å². The lowest BCUT2D eigenvalue weighted by molar-refractivity contribution is -0.143. The summed E-state index contributed by atoms with van der Waals surface area (Å²) in [6.45, 7) is 2.29. The van der Waals surface area contributed by atoms with Crippen LogP contribution in [0.1, 0.15) is 37.1 Å². The molecule has 0 radical (unpaired) electrons. The molecule has 3 aromatic rings. The zero-order valence-corrected chi connectivity index (χ0v) is 18.4. The second-order valence-corrected chi connectivity index (χ2v) is 8.33. The summed E-state index contributed by atoms with van der Waals surface area (Å²) in [5, 5.41) is 30.2. The number of thioether (sulfide) groups is 1. The number of nitrogens with zero attached hydrogens (tertiary/aromatic N) is 8. The van der Waals surface area contributed by atoms with E-state index in [1.54, 1.807) is 9.36 Å². The Morgan fingerprint density at radius 3 is 2.87 bits per heavy atom. The van der Waals surface area contributed by atoms with E-state index in [1.807, 2.05) is 32.4 Å². The quantitative estimate of drug-likeness (QED) is 0.539. The van der Waals surface area contributed by atoms with Gasteiger partial charge in [0, 0.05) is 7.05 Å². The van der Waals surface area contributed by atoms with Crippen LogP contribution >= 0.6 is 11.8 Å². The second kappa shape index (κ2) is 9.00. The molecule has 3 aromatic heterocycles. The summed E-state index contributed by atoms with van der Waals surface area (Å²) < 4.78 is 9.49. The third-order valence-electron chi connectivity index (χ3n) is 5.47. The fourth-order valence-corrected chi connectivity index (χ4v) is 4.23. The second-order valence-electron chi connectivity index (χ2n) is 7.55. The van der Waals surface area contributed by atoms with Gasteiger partial charge in [0.05, 0.1) is 35.6 Å². The Kier molecular flexibility index (Phi) is 6.16. The molecule has 0 unspecified atom stereocenters. The van der Waals surface area contributed by atoms with Gasteiger partial charge in [-0.15, -0.1) is 10.2 Å². The summed E-state index contributed by atoms with van der Waals surface area (Å²) in [6.07, 6.45) is 4.74. The summed E-state index contributed by atoms with van der Waals surface area (Å²) in [5.74, 6) is -0.429. The number of carboxylic acid groups (broad SMARTS) is 1. The summed E-state index contributed by atoms with van der Waals surface area (Å²) in [6, 6.07) is 3.72. The number of aryl methyl sites for hydroxylation is 2. The van der Waals surface area contributed by atoms with Crippen LogP contribution < -0.4 is 4.74 Å². The normalized spacial score (nSPS) is 18.8. The molecule has 0 spiro atoms. The topological polar surface area (TPSA) is 134 Å². The minimum atomic E-state index is -0.749. The van der Waals surface area contributed by atoms with E-state index in [4.69, 9.17) is 4.74 Å². The zero-order valence-electron chi connectivity index (χ0n) is 17.6. The van der Waals surface area contributed by atoms with E-state index in [-0.39, 0.29) is 12.0 Å². The van der Waals surface area contributed by atoms with Crippen LogP contribution in [0.4, 0.5) is 0 Å². The summed E-state index contributed by atoms with van der Waals surface area (Å²) >= 11 is 1.46. The van der Waals surface area contributed by atoms with E-state index in [1.165, 1.54) is 11.8 Å². The Balaban J connectivity index is 1.54. The standard InChI is InChI=1S/C19H24N8O3S/c1-11-16(30-13-6-4-5-12(9-13)18(28)29)8-7-14(20-11)17-15(26(2)24-21-17)10-27-19(31-3)22-23-25-27/h7-8,12-13H,4-6,9-10H2,1-3H3,(H,28,29)/t12-,13-/m0/s1. The number of rotatable bonds is 7. The molecule has 1 saturated carbocycles. The summed E-state index contributed by atoms with van der Waals surface area (Å²) in [4.78, 5) is 16.0. The Labute approximate surface area is 183 Å². The third kappa shape index (κ3) is 4.53. The van der Waals surface area contributed by atoms with Gasteiger partial charge in [-0.25, -0.2) is 14.3 Å². The van der Waals surface area contributed by atoms with Gasteiger partial charge in [-0.1, -0.05) is 17.0 Å². The molecule has 1 fully saturated rings. The van der Waals surface area contributed by atoms with Crippen molar-refractivity contribution < 1.29 is 14.6 Å². The molecule has 11 nitrogen and oxygen atoms in total. The highest BCUT2D eigenvalue weighted by molar-refractivity contribution is 7.98. The first-order valence-corrected chi connectivity index (χ1v) is 11.2. The molecule has 1 aliphatic carbocycles. The molecule has 3 heterocycles. The lowest BCUT2D eigenvalue weighted by Gasteiger charge is -2.27. The van der Waals surface area contributed by atoms with Gasteiger partial charge in [0.15, 0.2) is 0 Å². The zero-order chi connectivity index (χ0) is 22.0. The summed E-state index contributed by atoms with van der Waals surface area (Å²) in [5.41, 5.74) is 2.89. The van der Waals surface area contributed by atoms with Gasteiger partial charge in [0.2, 0.25) is 5.16 Å². The number of hydrogen-bond acceptors (Lipinski definition) is 9. The van der Waals surface area contributed by atoms with Gasteiger partial charge < -0.3 is 9.84 Å². The van der Waals surface area contributed by atoms with Gasteiger partial charge in [-0.2, -0.15) is 0 Å². The smallest absolute Gasteiger partial charge is 0.306 e. The van der Waals surface area contributed by atoms with E-state index in [0.29, 0.717) is 41.7 Å². The monoisotopic (exact) mass is 444 g/mol. The number of carboxylic acids is 1. The lowest BCUT2D eigenvalue weighted by atomic mass is 9.87. The van der Waals surface area contributed by atoms with E-state index in [9.17, 15) is 9.90 Å². The highest BCUT2D eigenvalue weighted by Crippen LogP contribution is 2.30.